The molecule has 1 amide bonds. The standard InChI is InChI=1S/C12H13F2N3OS/c1-3-12(2)17(16-11(15)19-12)10(18)9-7(13)5-4-6-8(9)14/h4-6H,3H2,1-2H3,(H2,15,16)/t12-/m0/s1. The molecule has 0 radical (unpaired) electrons. The minimum atomic E-state index is -0.908. The fraction of sp³-hybridized carbons (Fsp3) is 0.333. The SMILES string of the molecule is CC[C@]1(C)SC(N)=NN1C(=O)c1c(F)cccc1F. The van der Waals surface area contributed by atoms with Gasteiger partial charge in [-0.15, -0.1) is 5.10 Å². The van der Waals surface area contributed by atoms with Crippen LogP contribution in [0.4, 0.5) is 8.78 Å². The van der Waals surface area contributed by atoms with Crippen LogP contribution in [0.1, 0.15) is 30.6 Å². The molecule has 1 atom stereocenters. The van der Waals surface area contributed by atoms with Crippen molar-refractivity contribution in [1.82, 2.24) is 5.01 Å². The van der Waals surface area contributed by atoms with E-state index < -0.39 is 28.0 Å². The van der Waals surface area contributed by atoms with E-state index in [9.17, 15) is 13.6 Å². The van der Waals surface area contributed by atoms with Crippen LogP contribution in [-0.4, -0.2) is 21.0 Å². The number of benzene rings is 1. The monoisotopic (exact) mass is 285 g/mol. The summed E-state index contributed by atoms with van der Waals surface area (Å²) in [5.41, 5.74) is 4.99. The fourth-order valence-corrected chi connectivity index (χ4v) is 2.71. The summed E-state index contributed by atoms with van der Waals surface area (Å²) in [6.07, 6.45) is 0.545. The van der Waals surface area contributed by atoms with E-state index in [4.69, 9.17) is 5.73 Å². The van der Waals surface area contributed by atoms with E-state index in [-0.39, 0.29) is 5.17 Å². The predicted molar refractivity (Wildman–Crippen MR) is 70.4 cm³/mol. The number of halogens is 2. The normalized spacial score (nSPS) is 22.5. The molecular weight excluding hydrogens is 272 g/mol. The molecule has 19 heavy (non-hydrogen) atoms. The molecule has 1 aromatic rings. The second-order valence-corrected chi connectivity index (χ2v) is 5.78. The number of carbonyl (C=O) groups excluding carboxylic acids is 1. The summed E-state index contributed by atoms with van der Waals surface area (Å²) in [4.78, 5) is 11.6. The first-order chi connectivity index (χ1) is 8.89. The van der Waals surface area contributed by atoms with Crippen molar-refractivity contribution >= 4 is 22.8 Å². The van der Waals surface area contributed by atoms with E-state index in [0.29, 0.717) is 6.42 Å². The largest absolute Gasteiger partial charge is 0.377 e. The number of nitrogens with zero attached hydrogens (tertiary/aromatic N) is 2. The van der Waals surface area contributed by atoms with Crippen molar-refractivity contribution in [3.05, 3.63) is 35.4 Å². The maximum atomic E-state index is 13.6. The lowest BCUT2D eigenvalue weighted by molar-refractivity contribution is 0.0660. The van der Waals surface area contributed by atoms with Crippen LogP contribution in [0, 0.1) is 11.6 Å². The van der Waals surface area contributed by atoms with Gasteiger partial charge >= 0.3 is 0 Å². The lowest BCUT2D eigenvalue weighted by Gasteiger charge is -2.30. The molecule has 0 saturated heterocycles. The molecule has 1 aromatic carbocycles. The van der Waals surface area contributed by atoms with E-state index >= 15 is 0 Å². The molecule has 0 aliphatic carbocycles. The van der Waals surface area contributed by atoms with Crippen LogP contribution in [0.25, 0.3) is 0 Å². The van der Waals surface area contributed by atoms with E-state index in [1.807, 2.05) is 6.92 Å². The molecule has 7 heteroatoms. The highest BCUT2D eigenvalue weighted by Gasteiger charge is 2.42. The highest BCUT2D eigenvalue weighted by atomic mass is 32.2. The molecular formula is C12H13F2N3OS. The van der Waals surface area contributed by atoms with Gasteiger partial charge in [0.05, 0.1) is 0 Å². The molecule has 0 spiro atoms. The summed E-state index contributed by atoms with van der Waals surface area (Å²) < 4.78 is 27.3. The number of hydrazone groups is 1. The first kappa shape index (κ1) is 13.8. The smallest absolute Gasteiger partial charge is 0.281 e. The Morgan fingerprint density at radius 3 is 2.58 bits per heavy atom. The fourth-order valence-electron chi connectivity index (χ4n) is 1.78. The summed E-state index contributed by atoms with van der Waals surface area (Å²) in [5.74, 6) is -2.64. The van der Waals surface area contributed by atoms with Crippen LogP contribution >= 0.6 is 11.8 Å². The van der Waals surface area contributed by atoms with Gasteiger partial charge in [0.2, 0.25) is 0 Å². The topological polar surface area (TPSA) is 58.7 Å². The maximum Gasteiger partial charge on any atom is 0.281 e. The van der Waals surface area contributed by atoms with Gasteiger partial charge in [0, 0.05) is 0 Å². The average molecular weight is 285 g/mol. The van der Waals surface area contributed by atoms with Gasteiger partial charge in [0.25, 0.3) is 5.91 Å². The van der Waals surface area contributed by atoms with Crippen molar-refractivity contribution < 1.29 is 13.6 Å². The van der Waals surface area contributed by atoms with Gasteiger partial charge in [-0.3, -0.25) is 4.79 Å². The van der Waals surface area contributed by atoms with Crippen LogP contribution in [0.2, 0.25) is 0 Å². The number of hydrogen-bond acceptors (Lipinski definition) is 4. The highest BCUT2D eigenvalue weighted by molar-refractivity contribution is 8.15. The van der Waals surface area contributed by atoms with Crippen molar-refractivity contribution in [3.8, 4) is 0 Å². The molecule has 1 aliphatic heterocycles. The first-order valence-electron chi connectivity index (χ1n) is 5.70. The zero-order chi connectivity index (χ0) is 14.2. The second-order valence-electron chi connectivity index (χ2n) is 4.28. The van der Waals surface area contributed by atoms with Gasteiger partial charge in [-0.25, -0.2) is 13.8 Å². The third-order valence-electron chi connectivity index (χ3n) is 3.00. The zero-order valence-electron chi connectivity index (χ0n) is 10.5. The van der Waals surface area contributed by atoms with Crippen molar-refractivity contribution in [2.24, 2.45) is 10.8 Å². The molecule has 1 heterocycles. The molecule has 2 rings (SSSR count). The zero-order valence-corrected chi connectivity index (χ0v) is 11.3. The summed E-state index contributed by atoms with van der Waals surface area (Å²) in [6.45, 7) is 3.59. The third kappa shape index (κ3) is 2.30. The summed E-state index contributed by atoms with van der Waals surface area (Å²) >= 11 is 1.20. The number of amides is 1. The van der Waals surface area contributed by atoms with Gasteiger partial charge in [0.1, 0.15) is 22.1 Å². The van der Waals surface area contributed by atoms with Gasteiger partial charge in [-0.2, -0.15) is 0 Å². The Kier molecular flexibility index (Phi) is 3.49. The van der Waals surface area contributed by atoms with Crippen LogP contribution in [0.5, 0.6) is 0 Å². The third-order valence-corrected chi connectivity index (χ3v) is 4.19. The Hall–Kier alpha value is -1.63. The lowest BCUT2D eigenvalue weighted by Crippen LogP contribution is -2.41. The van der Waals surface area contributed by atoms with E-state index in [0.717, 1.165) is 17.1 Å². The Labute approximate surface area is 113 Å². The molecule has 0 unspecified atom stereocenters. The number of amidine groups is 1. The van der Waals surface area contributed by atoms with Gasteiger partial charge < -0.3 is 5.73 Å². The van der Waals surface area contributed by atoms with Gasteiger partial charge in [-0.05, 0) is 25.5 Å². The minimum absolute atomic E-state index is 0.203. The average Bonchev–Trinajstić information content (AvgIpc) is 2.65. The molecule has 0 fully saturated rings. The number of carbonyl (C=O) groups is 1. The molecule has 0 saturated carbocycles. The van der Waals surface area contributed by atoms with E-state index in [2.05, 4.69) is 5.10 Å². The summed E-state index contributed by atoms with van der Waals surface area (Å²) in [6, 6.07) is 3.28. The number of rotatable bonds is 2. The van der Waals surface area contributed by atoms with Gasteiger partial charge in [-0.1, -0.05) is 24.8 Å². The van der Waals surface area contributed by atoms with Crippen LogP contribution in [0.15, 0.2) is 23.3 Å². The van der Waals surface area contributed by atoms with Crippen molar-refractivity contribution in [2.75, 3.05) is 0 Å². The first-order valence-corrected chi connectivity index (χ1v) is 6.52. The predicted octanol–water partition coefficient (Wildman–Crippen LogP) is 2.51. The minimum Gasteiger partial charge on any atom is -0.377 e. The van der Waals surface area contributed by atoms with Crippen molar-refractivity contribution in [1.29, 1.82) is 0 Å². The Balaban J connectivity index is 2.44. The molecule has 4 nitrogen and oxygen atoms in total. The number of thioether (sulfide) groups is 1. The molecule has 0 bridgehead atoms. The van der Waals surface area contributed by atoms with Gasteiger partial charge in [0.15, 0.2) is 5.17 Å². The molecule has 0 aromatic heterocycles. The van der Waals surface area contributed by atoms with Crippen LogP contribution in [-0.2, 0) is 0 Å². The Bertz CT molecular complexity index is 544. The van der Waals surface area contributed by atoms with E-state index in [1.54, 1.807) is 6.92 Å². The van der Waals surface area contributed by atoms with Crippen molar-refractivity contribution in [2.45, 2.75) is 25.1 Å². The number of nitrogens with two attached hydrogens (primary N) is 1. The number of hydrogen-bond donors (Lipinski definition) is 1. The molecule has 1 aliphatic rings. The van der Waals surface area contributed by atoms with Crippen LogP contribution < -0.4 is 5.73 Å². The lowest BCUT2D eigenvalue weighted by atomic mass is 10.1. The molecule has 102 valence electrons. The van der Waals surface area contributed by atoms with Crippen molar-refractivity contribution in [3.63, 3.8) is 0 Å². The Morgan fingerprint density at radius 1 is 1.47 bits per heavy atom. The Morgan fingerprint density at radius 2 is 2.05 bits per heavy atom. The quantitative estimate of drug-likeness (QED) is 0.908. The van der Waals surface area contributed by atoms with Crippen LogP contribution in [0.3, 0.4) is 0 Å². The summed E-state index contributed by atoms with van der Waals surface area (Å²) in [5, 5.41) is 5.13. The highest BCUT2D eigenvalue weighted by Crippen LogP contribution is 2.39. The summed E-state index contributed by atoms with van der Waals surface area (Å²) in [7, 11) is 0. The van der Waals surface area contributed by atoms with E-state index in [1.165, 1.54) is 17.8 Å². The maximum absolute atomic E-state index is 13.6. The molecule has 2 N–H and O–H groups in total. The second kappa shape index (κ2) is 4.80.